The molecule has 1 rings (SSSR count). The van der Waals surface area contributed by atoms with Gasteiger partial charge in [-0.3, -0.25) is 0 Å². The molecule has 0 fully saturated rings. The quantitative estimate of drug-likeness (QED) is 0.794. The lowest BCUT2D eigenvalue weighted by atomic mass is 10.0. The van der Waals surface area contributed by atoms with Crippen LogP contribution >= 0.6 is 0 Å². The number of benzene rings is 1. The number of aryl methyl sites for hydroxylation is 1. The lowest BCUT2D eigenvalue weighted by Gasteiger charge is -2.18. The Labute approximate surface area is 99.0 Å². The molecule has 16 heavy (non-hydrogen) atoms. The molecule has 0 aliphatic carbocycles. The summed E-state index contributed by atoms with van der Waals surface area (Å²) in [5.74, 6) is 0.967. The van der Waals surface area contributed by atoms with Crippen LogP contribution in [0.5, 0.6) is 5.75 Å². The van der Waals surface area contributed by atoms with Crippen molar-refractivity contribution in [2.45, 2.75) is 39.7 Å². The Bertz CT molecular complexity index is 323. The SMILES string of the molecule is CCCNC(CC)c1ccc(OC)c(C)c1. The van der Waals surface area contributed by atoms with E-state index in [1.165, 1.54) is 17.5 Å². The van der Waals surface area contributed by atoms with Gasteiger partial charge in [-0.25, -0.2) is 0 Å². The van der Waals surface area contributed by atoms with Crippen molar-refractivity contribution in [3.63, 3.8) is 0 Å². The molecule has 1 aromatic rings. The van der Waals surface area contributed by atoms with Crippen LogP contribution in [-0.4, -0.2) is 13.7 Å². The van der Waals surface area contributed by atoms with Gasteiger partial charge in [0.15, 0.2) is 0 Å². The molecule has 0 bridgehead atoms. The third kappa shape index (κ3) is 3.24. The van der Waals surface area contributed by atoms with Crippen LogP contribution < -0.4 is 10.1 Å². The normalized spacial score (nSPS) is 12.5. The highest BCUT2D eigenvalue weighted by atomic mass is 16.5. The molecule has 0 saturated carbocycles. The van der Waals surface area contributed by atoms with E-state index in [1.54, 1.807) is 7.11 Å². The van der Waals surface area contributed by atoms with E-state index in [0.717, 1.165) is 18.7 Å². The predicted octanol–water partition coefficient (Wildman–Crippen LogP) is 3.45. The van der Waals surface area contributed by atoms with Crippen molar-refractivity contribution >= 4 is 0 Å². The van der Waals surface area contributed by atoms with E-state index in [2.05, 4.69) is 44.3 Å². The summed E-state index contributed by atoms with van der Waals surface area (Å²) in [7, 11) is 1.72. The van der Waals surface area contributed by atoms with Crippen molar-refractivity contribution in [1.29, 1.82) is 0 Å². The van der Waals surface area contributed by atoms with Crippen LogP contribution in [0.3, 0.4) is 0 Å². The van der Waals surface area contributed by atoms with E-state index < -0.39 is 0 Å². The fourth-order valence-electron chi connectivity index (χ4n) is 1.93. The van der Waals surface area contributed by atoms with Crippen LogP contribution in [0.2, 0.25) is 0 Å². The van der Waals surface area contributed by atoms with Crippen LogP contribution in [0.1, 0.15) is 43.9 Å². The first-order chi connectivity index (χ1) is 7.72. The highest BCUT2D eigenvalue weighted by molar-refractivity contribution is 5.37. The minimum Gasteiger partial charge on any atom is -0.496 e. The van der Waals surface area contributed by atoms with E-state index in [1.807, 2.05) is 0 Å². The molecule has 2 heteroatoms. The Morgan fingerprint density at radius 2 is 2.06 bits per heavy atom. The second-order valence-corrected chi connectivity index (χ2v) is 4.14. The molecule has 0 heterocycles. The van der Waals surface area contributed by atoms with Gasteiger partial charge in [0.1, 0.15) is 5.75 Å². The first-order valence-electron chi connectivity index (χ1n) is 6.10. The molecule has 1 unspecified atom stereocenters. The molecule has 0 spiro atoms. The lowest BCUT2D eigenvalue weighted by Crippen LogP contribution is -2.21. The van der Waals surface area contributed by atoms with E-state index in [4.69, 9.17) is 4.74 Å². The zero-order chi connectivity index (χ0) is 12.0. The summed E-state index contributed by atoms with van der Waals surface area (Å²) in [6, 6.07) is 6.89. The summed E-state index contributed by atoms with van der Waals surface area (Å²) < 4.78 is 5.27. The summed E-state index contributed by atoms with van der Waals surface area (Å²) in [6.07, 6.45) is 2.29. The molecule has 1 N–H and O–H groups in total. The van der Waals surface area contributed by atoms with Crippen molar-refractivity contribution in [2.24, 2.45) is 0 Å². The van der Waals surface area contributed by atoms with E-state index in [0.29, 0.717) is 6.04 Å². The third-order valence-corrected chi connectivity index (χ3v) is 2.87. The maximum Gasteiger partial charge on any atom is 0.121 e. The maximum atomic E-state index is 5.27. The molecular weight excluding hydrogens is 198 g/mol. The standard InChI is InChI=1S/C14H23NO/c1-5-9-15-13(6-2)12-7-8-14(16-4)11(3)10-12/h7-8,10,13,15H,5-6,9H2,1-4H3. The molecule has 90 valence electrons. The average Bonchev–Trinajstić information content (AvgIpc) is 2.30. The molecule has 0 aliphatic rings. The van der Waals surface area contributed by atoms with Gasteiger partial charge in [0.05, 0.1) is 7.11 Å². The Morgan fingerprint density at radius 3 is 2.56 bits per heavy atom. The van der Waals surface area contributed by atoms with Gasteiger partial charge >= 0.3 is 0 Å². The number of methoxy groups -OCH3 is 1. The minimum absolute atomic E-state index is 0.463. The number of nitrogens with one attached hydrogen (secondary N) is 1. The molecule has 1 aromatic carbocycles. The van der Waals surface area contributed by atoms with Gasteiger partial charge in [-0.2, -0.15) is 0 Å². The largest absolute Gasteiger partial charge is 0.496 e. The van der Waals surface area contributed by atoms with E-state index in [9.17, 15) is 0 Å². The molecule has 0 aliphatic heterocycles. The Balaban J connectivity index is 2.80. The highest BCUT2D eigenvalue weighted by Crippen LogP contribution is 2.24. The molecule has 0 amide bonds. The minimum atomic E-state index is 0.463. The molecule has 0 saturated heterocycles. The van der Waals surface area contributed by atoms with Gasteiger partial charge in [-0.15, -0.1) is 0 Å². The monoisotopic (exact) mass is 221 g/mol. The summed E-state index contributed by atoms with van der Waals surface area (Å²) >= 11 is 0. The molecule has 0 radical (unpaired) electrons. The van der Waals surface area contributed by atoms with Crippen LogP contribution in [0.4, 0.5) is 0 Å². The summed E-state index contributed by atoms with van der Waals surface area (Å²) in [6.45, 7) is 7.57. The highest BCUT2D eigenvalue weighted by Gasteiger charge is 2.09. The lowest BCUT2D eigenvalue weighted by molar-refractivity contribution is 0.411. The first kappa shape index (κ1) is 13.0. The zero-order valence-electron chi connectivity index (χ0n) is 10.8. The van der Waals surface area contributed by atoms with E-state index in [-0.39, 0.29) is 0 Å². The van der Waals surface area contributed by atoms with Crippen LogP contribution in [0.25, 0.3) is 0 Å². The van der Waals surface area contributed by atoms with Gasteiger partial charge in [0.2, 0.25) is 0 Å². The average molecular weight is 221 g/mol. The van der Waals surface area contributed by atoms with Crippen LogP contribution in [0, 0.1) is 6.92 Å². The number of hydrogen-bond acceptors (Lipinski definition) is 2. The van der Waals surface area contributed by atoms with Gasteiger partial charge in [0.25, 0.3) is 0 Å². The van der Waals surface area contributed by atoms with Crippen molar-refractivity contribution in [3.8, 4) is 5.75 Å². The number of ether oxygens (including phenoxy) is 1. The van der Waals surface area contributed by atoms with Gasteiger partial charge < -0.3 is 10.1 Å². The van der Waals surface area contributed by atoms with Gasteiger partial charge in [0, 0.05) is 6.04 Å². The summed E-state index contributed by atoms with van der Waals surface area (Å²) in [4.78, 5) is 0. The maximum absolute atomic E-state index is 5.27. The summed E-state index contributed by atoms with van der Waals surface area (Å²) in [5.41, 5.74) is 2.56. The smallest absolute Gasteiger partial charge is 0.121 e. The van der Waals surface area contributed by atoms with Crippen LogP contribution in [-0.2, 0) is 0 Å². The second-order valence-electron chi connectivity index (χ2n) is 4.14. The Hall–Kier alpha value is -1.02. The van der Waals surface area contributed by atoms with Crippen LogP contribution in [0.15, 0.2) is 18.2 Å². The van der Waals surface area contributed by atoms with Gasteiger partial charge in [-0.1, -0.05) is 26.0 Å². The summed E-state index contributed by atoms with van der Waals surface area (Å²) in [5, 5.41) is 3.56. The first-order valence-corrected chi connectivity index (χ1v) is 6.10. The van der Waals surface area contributed by atoms with Gasteiger partial charge in [-0.05, 0) is 43.5 Å². The Morgan fingerprint density at radius 1 is 1.31 bits per heavy atom. The molecule has 0 aromatic heterocycles. The van der Waals surface area contributed by atoms with Crippen molar-refractivity contribution in [3.05, 3.63) is 29.3 Å². The predicted molar refractivity (Wildman–Crippen MR) is 69.1 cm³/mol. The topological polar surface area (TPSA) is 21.3 Å². The molecule has 1 atom stereocenters. The number of hydrogen-bond donors (Lipinski definition) is 1. The van der Waals surface area contributed by atoms with E-state index >= 15 is 0 Å². The fraction of sp³-hybridized carbons (Fsp3) is 0.571. The zero-order valence-corrected chi connectivity index (χ0v) is 10.8. The second kappa shape index (κ2) is 6.54. The van der Waals surface area contributed by atoms with Crippen molar-refractivity contribution in [2.75, 3.05) is 13.7 Å². The number of rotatable bonds is 6. The molecule has 2 nitrogen and oxygen atoms in total. The van der Waals surface area contributed by atoms with Crippen molar-refractivity contribution in [1.82, 2.24) is 5.32 Å². The third-order valence-electron chi connectivity index (χ3n) is 2.87. The van der Waals surface area contributed by atoms with Crippen molar-refractivity contribution < 1.29 is 4.74 Å². The molecular formula is C14H23NO. The fourth-order valence-corrected chi connectivity index (χ4v) is 1.93. The Kier molecular flexibility index (Phi) is 5.33.